The fourth-order valence-corrected chi connectivity index (χ4v) is 3.11. The van der Waals surface area contributed by atoms with Crippen molar-refractivity contribution in [3.8, 4) is 0 Å². The van der Waals surface area contributed by atoms with Gasteiger partial charge in [-0.15, -0.1) is 0 Å². The van der Waals surface area contributed by atoms with Gasteiger partial charge in [0.15, 0.2) is 0 Å². The maximum atomic E-state index is 13.8. The van der Waals surface area contributed by atoms with Crippen molar-refractivity contribution >= 4 is 0 Å². The maximum absolute atomic E-state index is 13.8. The molecular weight excluding hydrogens is 296 g/mol. The molecule has 1 aliphatic heterocycles. The zero-order valence-electron chi connectivity index (χ0n) is 13.9. The van der Waals surface area contributed by atoms with Gasteiger partial charge in [0.2, 0.25) is 0 Å². The maximum Gasteiger partial charge on any atom is 0.123 e. The Bertz CT molecular complexity index is 416. The first kappa shape index (κ1) is 18.3. The first-order valence-corrected chi connectivity index (χ1v) is 8.91. The molecule has 0 aliphatic carbocycles. The normalized spacial score (nSPS) is 20.2. The second-order valence-electron chi connectivity index (χ2n) is 6.59. The van der Waals surface area contributed by atoms with Crippen LogP contribution in [0.25, 0.3) is 0 Å². The monoisotopic (exact) mass is 325 g/mol. The lowest BCUT2D eigenvalue weighted by molar-refractivity contribution is 0.0653. The molecule has 1 saturated heterocycles. The zero-order chi connectivity index (χ0) is 16.3. The van der Waals surface area contributed by atoms with E-state index < -0.39 is 6.17 Å². The van der Waals surface area contributed by atoms with Gasteiger partial charge in [-0.2, -0.15) is 0 Å². The van der Waals surface area contributed by atoms with Crippen molar-refractivity contribution in [2.24, 2.45) is 5.92 Å². The van der Waals surface area contributed by atoms with Gasteiger partial charge in [-0.25, -0.2) is 8.78 Å². The summed E-state index contributed by atoms with van der Waals surface area (Å²) in [5, 5.41) is 3.48. The molecule has 1 heterocycles. The van der Waals surface area contributed by atoms with Crippen LogP contribution in [-0.2, 0) is 11.3 Å². The van der Waals surface area contributed by atoms with Crippen molar-refractivity contribution < 1.29 is 13.5 Å². The van der Waals surface area contributed by atoms with E-state index in [2.05, 4.69) is 5.32 Å². The molecule has 0 aromatic heterocycles. The van der Waals surface area contributed by atoms with Gasteiger partial charge >= 0.3 is 0 Å². The Kier molecular flexibility index (Phi) is 8.54. The molecule has 130 valence electrons. The smallest absolute Gasteiger partial charge is 0.123 e. The van der Waals surface area contributed by atoms with Crippen LogP contribution in [0.5, 0.6) is 0 Å². The third-order valence-electron chi connectivity index (χ3n) is 4.51. The van der Waals surface area contributed by atoms with E-state index in [0.717, 1.165) is 37.4 Å². The number of alkyl halides is 1. The van der Waals surface area contributed by atoms with E-state index >= 15 is 0 Å². The van der Waals surface area contributed by atoms with Crippen LogP contribution in [0.3, 0.4) is 0 Å². The lowest BCUT2D eigenvalue weighted by Crippen LogP contribution is -2.20. The van der Waals surface area contributed by atoms with Crippen molar-refractivity contribution in [2.75, 3.05) is 19.7 Å². The van der Waals surface area contributed by atoms with Gasteiger partial charge in [0.25, 0.3) is 0 Å². The SMILES string of the molecule is Fc1ccc(COCC(F)CCCCC2CCCCNC2)cc1. The fourth-order valence-electron chi connectivity index (χ4n) is 3.11. The Hall–Kier alpha value is -1.00. The fraction of sp³-hybridized carbons (Fsp3) is 0.684. The van der Waals surface area contributed by atoms with Crippen LogP contribution in [-0.4, -0.2) is 25.9 Å². The molecule has 0 spiro atoms. The molecule has 1 aromatic rings. The summed E-state index contributed by atoms with van der Waals surface area (Å²) in [4.78, 5) is 0. The first-order valence-electron chi connectivity index (χ1n) is 8.91. The molecule has 0 amide bonds. The Morgan fingerprint density at radius 1 is 1.17 bits per heavy atom. The van der Waals surface area contributed by atoms with Crippen molar-refractivity contribution in [3.63, 3.8) is 0 Å². The highest BCUT2D eigenvalue weighted by atomic mass is 19.1. The second-order valence-corrected chi connectivity index (χ2v) is 6.59. The molecule has 4 heteroatoms. The number of rotatable bonds is 9. The number of benzene rings is 1. The summed E-state index contributed by atoms with van der Waals surface area (Å²) < 4.78 is 31.9. The van der Waals surface area contributed by atoms with E-state index in [1.165, 1.54) is 37.8 Å². The largest absolute Gasteiger partial charge is 0.374 e. The lowest BCUT2D eigenvalue weighted by atomic mass is 9.96. The van der Waals surface area contributed by atoms with Gasteiger partial charge in [-0.3, -0.25) is 0 Å². The van der Waals surface area contributed by atoms with E-state index in [1.807, 2.05) is 0 Å². The third-order valence-corrected chi connectivity index (χ3v) is 4.51. The molecule has 0 bridgehead atoms. The zero-order valence-corrected chi connectivity index (χ0v) is 13.9. The standard InChI is InChI=1S/C19H29F2NO/c20-18-10-8-17(9-11-18)14-23-15-19(21)7-2-1-5-16-6-3-4-12-22-13-16/h8-11,16,19,22H,1-7,12-15H2. The van der Waals surface area contributed by atoms with Gasteiger partial charge in [-0.05, 0) is 62.4 Å². The minimum atomic E-state index is -0.900. The number of halogens is 2. The molecule has 23 heavy (non-hydrogen) atoms. The molecule has 1 aromatic carbocycles. The molecule has 2 rings (SSSR count). The number of ether oxygens (including phenoxy) is 1. The van der Waals surface area contributed by atoms with Crippen LogP contribution >= 0.6 is 0 Å². The predicted molar refractivity (Wildman–Crippen MR) is 89.6 cm³/mol. The van der Waals surface area contributed by atoms with Crippen LogP contribution in [0.2, 0.25) is 0 Å². The average molecular weight is 325 g/mol. The summed E-state index contributed by atoms with van der Waals surface area (Å²) in [6.45, 7) is 2.74. The van der Waals surface area contributed by atoms with Crippen LogP contribution in [0.1, 0.15) is 50.5 Å². The highest BCUT2D eigenvalue weighted by Gasteiger charge is 2.12. The number of unbranched alkanes of at least 4 members (excludes halogenated alkanes) is 1. The molecule has 1 N–H and O–H groups in total. The number of hydrogen-bond donors (Lipinski definition) is 1. The Morgan fingerprint density at radius 3 is 2.83 bits per heavy atom. The quantitative estimate of drug-likeness (QED) is 0.668. The molecule has 1 aliphatic rings. The Balaban J connectivity index is 1.49. The molecule has 0 radical (unpaired) electrons. The predicted octanol–water partition coefficient (Wildman–Crippen LogP) is 4.63. The summed E-state index contributed by atoms with van der Waals surface area (Å²) >= 11 is 0. The van der Waals surface area contributed by atoms with Crippen molar-refractivity contribution in [1.29, 1.82) is 0 Å². The van der Waals surface area contributed by atoms with Crippen molar-refractivity contribution in [1.82, 2.24) is 5.32 Å². The first-order chi connectivity index (χ1) is 11.2. The van der Waals surface area contributed by atoms with E-state index in [1.54, 1.807) is 12.1 Å². The molecule has 2 unspecified atom stereocenters. The van der Waals surface area contributed by atoms with Crippen LogP contribution in [0.4, 0.5) is 8.78 Å². The highest BCUT2D eigenvalue weighted by Crippen LogP contribution is 2.19. The van der Waals surface area contributed by atoms with Gasteiger partial charge in [0.05, 0.1) is 13.2 Å². The Morgan fingerprint density at radius 2 is 2.00 bits per heavy atom. The minimum Gasteiger partial charge on any atom is -0.374 e. The Labute approximate surface area is 138 Å². The van der Waals surface area contributed by atoms with Gasteiger partial charge in [0, 0.05) is 0 Å². The summed E-state index contributed by atoms with van der Waals surface area (Å²) in [7, 11) is 0. The van der Waals surface area contributed by atoms with Crippen LogP contribution in [0.15, 0.2) is 24.3 Å². The lowest BCUT2D eigenvalue weighted by Gasteiger charge is -2.14. The third kappa shape index (κ3) is 7.89. The summed E-state index contributed by atoms with van der Waals surface area (Å²) in [5.74, 6) is 0.506. The summed E-state index contributed by atoms with van der Waals surface area (Å²) in [6, 6.07) is 6.13. The van der Waals surface area contributed by atoms with Crippen LogP contribution in [0, 0.1) is 11.7 Å². The molecule has 0 saturated carbocycles. The second kappa shape index (κ2) is 10.7. The number of hydrogen-bond acceptors (Lipinski definition) is 2. The topological polar surface area (TPSA) is 21.3 Å². The van der Waals surface area contributed by atoms with E-state index in [4.69, 9.17) is 4.74 Å². The molecule has 1 fully saturated rings. The van der Waals surface area contributed by atoms with Crippen molar-refractivity contribution in [3.05, 3.63) is 35.6 Å². The van der Waals surface area contributed by atoms with E-state index in [0.29, 0.717) is 13.0 Å². The minimum absolute atomic E-state index is 0.127. The van der Waals surface area contributed by atoms with E-state index in [-0.39, 0.29) is 12.4 Å². The molecule has 2 atom stereocenters. The van der Waals surface area contributed by atoms with Gasteiger partial charge in [-0.1, -0.05) is 31.4 Å². The van der Waals surface area contributed by atoms with Crippen molar-refractivity contribution in [2.45, 2.75) is 57.7 Å². The van der Waals surface area contributed by atoms with Gasteiger partial charge in [0.1, 0.15) is 12.0 Å². The van der Waals surface area contributed by atoms with E-state index in [9.17, 15) is 8.78 Å². The molecular formula is C19H29F2NO. The van der Waals surface area contributed by atoms with Crippen LogP contribution < -0.4 is 5.32 Å². The highest BCUT2D eigenvalue weighted by molar-refractivity contribution is 5.14. The number of nitrogens with one attached hydrogen (secondary N) is 1. The summed E-state index contributed by atoms with van der Waals surface area (Å²) in [5.41, 5.74) is 0.875. The summed E-state index contributed by atoms with van der Waals surface area (Å²) in [6.07, 6.45) is 6.83. The molecule has 2 nitrogen and oxygen atoms in total. The average Bonchev–Trinajstić information content (AvgIpc) is 2.82. The van der Waals surface area contributed by atoms with Gasteiger partial charge < -0.3 is 10.1 Å².